The Morgan fingerprint density at radius 3 is 2.56 bits per heavy atom. The van der Waals surface area contributed by atoms with Gasteiger partial charge in [-0.05, 0) is 25.8 Å². The summed E-state index contributed by atoms with van der Waals surface area (Å²) in [6.07, 6.45) is 8.80. The second kappa shape index (κ2) is 5.80. The highest BCUT2D eigenvalue weighted by molar-refractivity contribution is 5.47. The number of nitrogens with zero attached hydrogens (tertiary/aromatic N) is 2. The molecule has 0 spiro atoms. The summed E-state index contributed by atoms with van der Waals surface area (Å²) in [4.78, 5) is 14.5. The number of hydrogen-bond donors (Lipinski definition) is 1. The fraction of sp³-hybridized carbons (Fsp3) is 0.615. The van der Waals surface area contributed by atoms with Gasteiger partial charge in [-0.25, -0.2) is 4.98 Å². The number of aromatic nitrogens is 1. The van der Waals surface area contributed by atoms with Crippen LogP contribution >= 0.6 is 0 Å². The summed E-state index contributed by atoms with van der Waals surface area (Å²) in [5.74, 6) is 0.755. The average molecular weight is 249 g/mol. The van der Waals surface area contributed by atoms with E-state index in [0.29, 0.717) is 11.6 Å². The van der Waals surface area contributed by atoms with Crippen LogP contribution in [0.5, 0.6) is 0 Å². The molecule has 0 aliphatic heterocycles. The predicted molar refractivity (Wildman–Crippen MR) is 70.7 cm³/mol. The number of hydrogen-bond acceptors (Lipinski definition) is 4. The van der Waals surface area contributed by atoms with E-state index in [9.17, 15) is 10.1 Å². The van der Waals surface area contributed by atoms with E-state index in [1.807, 2.05) is 0 Å². The van der Waals surface area contributed by atoms with Gasteiger partial charge in [0.25, 0.3) is 5.69 Å². The van der Waals surface area contributed by atoms with Crippen molar-refractivity contribution in [3.05, 3.63) is 27.9 Å². The number of anilines is 1. The smallest absolute Gasteiger partial charge is 0.290 e. The van der Waals surface area contributed by atoms with E-state index in [1.54, 1.807) is 13.0 Å². The first-order chi connectivity index (χ1) is 8.66. The lowest BCUT2D eigenvalue weighted by molar-refractivity contribution is -0.385. The summed E-state index contributed by atoms with van der Waals surface area (Å²) in [7, 11) is 0. The molecule has 98 valence electrons. The average Bonchev–Trinajstić information content (AvgIpc) is 2.57. The van der Waals surface area contributed by atoms with Gasteiger partial charge in [-0.3, -0.25) is 10.1 Å². The van der Waals surface area contributed by atoms with E-state index in [2.05, 4.69) is 10.3 Å². The van der Waals surface area contributed by atoms with Crippen molar-refractivity contribution >= 4 is 11.5 Å². The number of pyridine rings is 1. The molecule has 0 bridgehead atoms. The molecule has 1 aromatic heterocycles. The summed E-state index contributed by atoms with van der Waals surface area (Å²) in [5.41, 5.74) is 0.743. The second-order valence-corrected chi connectivity index (χ2v) is 4.95. The van der Waals surface area contributed by atoms with E-state index in [0.717, 1.165) is 18.7 Å². The van der Waals surface area contributed by atoms with Gasteiger partial charge in [0.05, 0.1) is 4.92 Å². The van der Waals surface area contributed by atoms with Crippen molar-refractivity contribution in [3.63, 3.8) is 0 Å². The zero-order chi connectivity index (χ0) is 13.0. The van der Waals surface area contributed by atoms with Crippen LogP contribution in [0.25, 0.3) is 0 Å². The Bertz CT molecular complexity index is 426. The van der Waals surface area contributed by atoms with Gasteiger partial charge < -0.3 is 5.32 Å². The third-order valence-corrected chi connectivity index (χ3v) is 3.49. The van der Waals surface area contributed by atoms with Gasteiger partial charge in [0, 0.05) is 11.6 Å². The fourth-order valence-electron chi connectivity index (χ4n) is 2.45. The first kappa shape index (κ1) is 12.8. The molecule has 0 aromatic carbocycles. The highest BCUT2D eigenvalue weighted by Gasteiger charge is 2.15. The van der Waals surface area contributed by atoms with Crippen molar-refractivity contribution in [1.29, 1.82) is 0 Å². The quantitative estimate of drug-likeness (QED) is 0.506. The normalized spacial score (nSPS) is 17.2. The zero-order valence-corrected chi connectivity index (χ0v) is 10.7. The standard InChI is InChI=1S/C13H19N3O2/c1-10-8-13(14-9-12(10)16(17)18)15-11-6-4-2-3-5-7-11/h8-9,11H,2-7H2,1H3,(H,14,15). The molecule has 1 saturated carbocycles. The maximum absolute atomic E-state index is 10.7. The molecule has 5 nitrogen and oxygen atoms in total. The monoisotopic (exact) mass is 249 g/mol. The highest BCUT2D eigenvalue weighted by atomic mass is 16.6. The Morgan fingerprint density at radius 1 is 1.33 bits per heavy atom. The molecule has 1 heterocycles. The van der Waals surface area contributed by atoms with Crippen LogP contribution in [0.4, 0.5) is 11.5 Å². The highest BCUT2D eigenvalue weighted by Crippen LogP contribution is 2.23. The molecule has 0 unspecified atom stereocenters. The van der Waals surface area contributed by atoms with Crippen LogP contribution in [0.1, 0.15) is 44.1 Å². The third-order valence-electron chi connectivity index (χ3n) is 3.49. The maximum Gasteiger partial charge on any atom is 0.290 e. The molecule has 0 saturated heterocycles. The zero-order valence-electron chi connectivity index (χ0n) is 10.7. The van der Waals surface area contributed by atoms with Gasteiger partial charge in [0.1, 0.15) is 12.0 Å². The van der Waals surface area contributed by atoms with Crippen LogP contribution < -0.4 is 5.32 Å². The Labute approximate surface area is 107 Å². The summed E-state index contributed by atoms with van der Waals surface area (Å²) in [6.45, 7) is 1.75. The first-order valence-corrected chi connectivity index (χ1v) is 6.54. The van der Waals surface area contributed by atoms with Gasteiger partial charge in [-0.2, -0.15) is 0 Å². The molecule has 1 aliphatic carbocycles. The lowest BCUT2D eigenvalue weighted by atomic mass is 10.1. The molecule has 1 aliphatic rings. The Kier molecular flexibility index (Phi) is 4.12. The molecule has 0 radical (unpaired) electrons. The van der Waals surface area contributed by atoms with Crippen LogP contribution in [-0.2, 0) is 0 Å². The maximum atomic E-state index is 10.7. The lowest BCUT2D eigenvalue weighted by Crippen LogP contribution is -2.19. The van der Waals surface area contributed by atoms with Crippen molar-refractivity contribution in [1.82, 2.24) is 4.98 Å². The number of nitro groups is 1. The molecule has 1 fully saturated rings. The molecule has 0 atom stereocenters. The Balaban J connectivity index is 2.05. The molecule has 2 rings (SSSR count). The molecule has 1 aromatic rings. The largest absolute Gasteiger partial charge is 0.367 e. The van der Waals surface area contributed by atoms with Crippen LogP contribution in [0, 0.1) is 17.0 Å². The van der Waals surface area contributed by atoms with Gasteiger partial charge in [0.15, 0.2) is 0 Å². The van der Waals surface area contributed by atoms with E-state index >= 15 is 0 Å². The van der Waals surface area contributed by atoms with Crippen LogP contribution in [-0.4, -0.2) is 15.9 Å². The van der Waals surface area contributed by atoms with Crippen LogP contribution in [0.2, 0.25) is 0 Å². The lowest BCUT2D eigenvalue weighted by Gasteiger charge is -2.16. The van der Waals surface area contributed by atoms with E-state index in [-0.39, 0.29) is 5.69 Å². The summed E-state index contributed by atoms with van der Waals surface area (Å²) in [6, 6.07) is 2.23. The SMILES string of the molecule is Cc1cc(NC2CCCCCC2)ncc1[N+](=O)[O-]. The van der Waals surface area contributed by atoms with Crippen molar-refractivity contribution in [2.45, 2.75) is 51.5 Å². The van der Waals surface area contributed by atoms with Gasteiger partial charge in [0.2, 0.25) is 0 Å². The summed E-state index contributed by atoms with van der Waals surface area (Å²) < 4.78 is 0. The summed E-state index contributed by atoms with van der Waals surface area (Å²) in [5, 5.41) is 14.1. The van der Waals surface area contributed by atoms with Crippen molar-refractivity contribution in [3.8, 4) is 0 Å². The number of nitrogens with one attached hydrogen (secondary N) is 1. The Hall–Kier alpha value is -1.65. The molecule has 0 amide bonds. The molecule has 5 heteroatoms. The summed E-state index contributed by atoms with van der Waals surface area (Å²) >= 11 is 0. The number of rotatable bonds is 3. The van der Waals surface area contributed by atoms with Gasteiger partial charge in [-0.15, -0.1) is 0 Å². The van der Waals surface area contributed by atoms with Gasteiger partial charge >= 0.3 is 0 Å². The van der Waals surface area contributed by atoms with E-state index < -0.39 is 4.92 Å². The Morgan fingerprint density at radius 2 is 2.00 bits per heavy atom. The topological polar surface area (TPSA) is 68.1 Å². The molecular formula is C13H19N3O2. The second-order valence-electron chi connectivity index (χ2n) is 4.95. The van der Waals surface area contributed by atoms with Gasteiger partial charge in [-0.1, -0.05) is 25.7 Å². The van der Waals surface area contributed by atoms with Crippen LogP contribution in [0.15, 0.2) is 12.3 Å². The molecule has 18 heavy (non-hydrogen) atoms. The predicted octanol–water partition coefficient (Wildman–Crippen LogP) is 3.43. The van der Waals surface area contributed by atoms with Crippen molar-refractivity contribution < 1.29 is 4.92 Å². The number of aryl methyl sites for hydroxylation is 1. The minimum absolute atomic E-state index is 0.0846. The van der Waals surface area contributed by atoms with Crippen molar-refractivity contribution in [2.75, 3.05) is 5.32 Å². The van der Waals surface area contributed by atoms with E-state index in [1.165, 1.54) is 31.9 Å². The van der Waals surface area contributed by atoms with Crippen LogP contribution in [0.3, 0.4) is 0 Å². The first-order valence-electron chi connectivity index (χ1n) is 6.54. The minimum atomic E-state index is -0.391. The molecule has 1 N–H and O–H groups in total. The molecular weight excluding hydrogens is 230 g/mol. The van der Waals surface area contributed by atoms with E-state index in [4.69, 9.17) is 0 Å². The minimum Gasteiger partial charge on any atom is -0.367 e. The van der Waals surface area contributed by atoms with Crippen molar-refractivity contribution in [2.24, 2.45) is 0 Å². The third kappa shape index (κ3) is 3.18. The fourth-order valence-corrected chi connectivity index (χ4v) is 2.45.